The molecule has 13 unspecified atom stereocenters. The van der Waals surface area contributed by atoms with Crippen molar-refractivity contribution in [1.29, 1.82) is 0 Å². The molecule has 0 aromatic carbocycles. The van der Waals surface area contributed by atoms with E-state index in [1.165, 1.54) is 6.92 Å². The lowest BCUT2D eigenvalue weighted by molar-refractivity contribution is -0.314. The van der Waals surface area contributed by atoms with E-state index in [1.807, 2.05) is 0 Å². The van der Waals surface area contributed by atoms with Gasteiger partial charge in [0.15, 0.2) is 12.6 Å². The second-order valence-corrected chi connectivity index (χ2v) is 8.72. The number of carboxylic acid groups (broad SMARTS) is 1. The van der Waals surface area contributed by atoms with E-state index in [1.54, 1.807) is 0 Å². The third-order valence-corrected chi connectivity index (χ3v) is 6.35. The van der Waals surface area contributed by atoms with E-state index in [-0.39, 0.29) is 0 Å². The number of ether oxygens (including phenoxy) is 5. The molecule has 15 heteroatoms. The highest BCUT2D eigenvalue weighted by atomic mass is 16.7. The maximum Gasteiger partial charge on any atom is 0.371 e. The third kappa shape index (κ3) is 6.10. The van der Waals surface area contributed by atoms with Gasteiger partial charge in [0.2, 0.25) is 12.0 Å². The lowest BCUT2D eigenvalue weighted by atomic mass is 9.83. The number of hydrogen-bond acceptors (Lipinski definition) is 14. The lowest BCUT2D eigenvalue weighted by Gasteiger charge is -2.44. The number of aliphatic carboxylic acids is 1. The fourth-order valence-corrected chi connectivity index (χ4v) is 4.15. The van der Waals surface area contributed by atoms with Crippen LogP contribution in [0.5, 0.6) is 0 Å². The molecule has 0 radical (unpaired) electrons. The van der Waals surface area contributed by atoms with Crippen LogP contribution in [0, 0.1) is 11.8 Å². The summed E-state index contributed by atoms with van der Waals surface area (Å²) in [6, 6.07) is 0. The van der Waals surface area contributed by atoms with Gasteiger partial charge in [-0.3, -0.25) is 0 Å². The van der Waals surface area contributed by atoms with Gasteiger partial charge in [0, 0.05) is 11.8 Å². The number of aliphatic hydroxyl groups is 8. The second-order valence-electron chi connectivity index (χ2n) is 8.72. The minimum atomic E-state index is -1.66. The van der Waals surface area contributed by atoms with Crippen LogP contribution in [0.15, 0.2) is 11.8 Å². The minimum absolute atomic E-state index is 0.402. The van der Waals surface area contributed by atoms with E-state index in [4.69, 9.17) is 28.8 Å². The molecule has 0 aromatic rings. The first-order chi connectivity index (χ1) is 16.5. The smallest absolute Gasteiger partial charge is 0.371 e. The van der Waals surface area contributed by atoms with Crippen LogP contribution in [-0.2, 0) is 28.5 Å². The molecule has 0 spiro atoms. The summed E-state index contributed by atoms with van der Waals surface area (Å²) in [5.74, 6) is -4.28. The summed E-state index contributed by atoms with van der Waals surface area (Å²) in [6.07, 6.45) is -15.2. The molecule has 0 aliphatic carbocycles. The van der Waals surface area contributed by atoms with Crippen molar-refractivity contribution in [2.75, 3.05) is 19.8 Å². The Morgan fingerprint density at radius 3 is 2.11 bits per heavy atom. The highest BCUT2D eigenvalue weighted by Crippen LogP contribution is 2.33. The SMILES string of the molecule is CC1OC(OCC2C(O)C(CO)OC(O)C2COC2OC(C(=O)O)=CC(O)C2O)C(O)C(O)C1O. The molecule has 3 heterocycles. The van der Waals surface area contributed by atoms with Crippen LogP contribution < -0.4 is 0 Å². The molecular weight excluding hydrogens is 480 g/mol. The second kappa shape index (κ2) is 11.7. The summed E-state index contributed by atoms with van der Waals surface area (Å²) >= 11 is 0. The summed E-state index contributed by atoms with van der Waals surface area (Å²) in [6.45, 7) is -0.0977. The van der Waals surface area contributed by atoms with Crippen LogP contribution in [-0.4, -0.2) is 139 Å². The summed E-state index contributed by atoms with van der Waals surface area (Å²) < 4.78 is 26.5. The Morgan fingerprint density at radius 2 is 1.49 bits per heavy atom. The van der Waals surface area contributed by atoms with E-state index >= 15 is 0 Å². The molecule has 9 N–H and O–H groups in total. The molecule has 3 aliphatic rings. The fraction of sp³-hybridized carbons (Fsp3) is 0.850. The quantitative estimate of drug-likeness (QED) is 0.148. The average molecular weight is 512 g/mol. The summed E-state index contributed by atoms with van der Waals surface area (Å²) in [5.41, 5.74) is 0. The molecule has 202 valence electrons. The first kappa shape index (κ1) is 28.1. The minimum Gasteiger partial charge on any atom is -0.475 e. The summed E-state index contributed by atoms with van der Waals surface area (Å²) in [7, 11) is 0. The third-order valence-electron chi connectivity index (χ3n) is 6.35. The number of aliphatic hydroxyl groups excluding tert-OH is 8. The molecule has 2 saturated heterocycles. The predicted molar refractivity (Wildman–Crippen MR) is 108 cm³/mol. The van der Waals surface area contributed by atoms with Gasteiger partial charge in [-0.2, -0.15) is 0 Å². The monoisotopic (exact) mass is 512 g/mol. The van der Waals surface area contributed by atoms with Gasteiger partial charge in [-0.1, -0.05) is 0 Å². The fourth-order valence-electron chi connectivity index (χ4n) is 4.15. The highest BCUT2D eigenvalue weighted by Gasteiger charge is 2.48. The van der Waals surface area contributed by atoms with Crippen LogP contribution in [0.4, 0.5) is 0 Å². The zero-order valence-corrected chi connectivity index (χ0v) is 18.7. The van der Waals surface area contributed by atoms with Gasteiger partial charge in [-0.15, -0.1) is 0 Å². The molecule has 3 aliphatic heterocycles. The Morgan fingerprint density at radius 1 is 0.857 bits per heavy atom. The van der Waals surface area contributed by atoms with Crippen molar-refractivity contribution in [3.8, 4) is 0 Å². The van der Waals surface area contributed by atoms with Crippen molar-refractivity contribution in [3.63, 3.8) is 0 Å². The van der Waals surface area contributed by atoms with Crippen LogP contribution in [0.25, 0.3) is 0 Å². The van der Waals surface area contributed by atoms with Crippen LogP contribution >= 0.6 is 0 Å². The Hall–Kier alpha value is -1.47. The lowest BCUT2D eigenvalue weighted by Crippen LogP contribution is -2.59. The molecule has 2 fully saturated rings. The van der Waals surface area contributed by atoms with E-state index in [2.05, 4.69) is 0 Å². The van der Waals surface area contributed by atoms with Gasteiger partial charge in [0.1, 0.15) is 36.6 Å². The van der Waals surface area contributed by atoms with Gasteiger partial charge in [-0.25, -0.2) is 4.79 Å². The van der Waals surface area contributed by atoms with Gasteiger partial charge < -0.3 is 69.6 Å². The van der Waals surface area contributed by atoms with Crippen molar-refractivity contribution in [2.45, 2.75) is 74.6 Å². The van der Waals surface area contributed by atoms with Gasteiger partial charge in [0.05, 0.1) is 32.0 Å². The molecule has 0 aromatic heterocycles. The summed E-state index contributed by atoms with van der Waals surface area (Å²) in [4.78, 5) is 11.2. The zero-order chi connectivity index (χ0) is 26.0. The van der Waals surface area contributed by atoms with Crippen molar-refractivity contribution >= 4 is 5.97 Å². The molecule has 35 heavy (non-hydrogen) atoms. The van der Waals surface area contributed by atoms with Crippen molar-refractivity contribution in [1.82, 2.24) is 0 Å². The van der Waals surface area contributed by atoms with E-state index < -0.39 is 111 Å². The topological polar surface area (TPSA) is 245 Å². The molecule has 0 bridgehead atoms. The Kier molecular flexibility index (Phi) is 9.41. The van der Waals surface area contributed by atoms with Gasteiger partial charge >= 0.3 is 5.97 Å². The van der Waals surface area contributed by atoms with Gasteiger partial charge in [-0.05, 0) is 13.0 Å². The van der Waals surface area contributed by atoms with Gasteiger partial charge in [0.25, 0.3) is 0 Å². The van der Waals surface area contributed by atoms with Crippen LogP contribution in [0.3, 0.4) is 0 Å². The molecule has 0 amide bonds. The van der Waals surface area contributed by atoms with Crippen molar-refractivity contribution in [3.05, 3.63) is 11.8 Å². The Bertz CT molecular complexity index is 748. The van der Waals surface area contributed by atoms with Crippen LogP contribution in [0.1, 0.15) is 6.92 Å². The summed E-state index contributed by atoms with van der Waals surface area (Å²) in [5, 5.41) is 89.5. The number of rotatable bonds is 8. The zero-order valence-electron chi connectivity index (χ0n) is 18.7. The number of carboxylic acids is 1. The number of carbonyl (C=O) groups is 1. The standard InChI is InChI=1S/C20H32O15/c1-6-12(23)15(26)16(27)20(33-6)31-4-7-8(18(30)34-11(3-21)13(7)24)5-32-19-14(25)9(22)2-10(35-19)17(28)29/h2,6-9,11-16,18-27,30H,3-5H2,1H3,(H,28,29). The van der Waals surface area contributed by atoms with Crippen LogP contribution in [0.2, 0.25) is 0 Å². The maximum absolute atomic E-state index is 11.2. The molecule has 3 rings (SSSR count). The number of hydrogen-bond donors (Lipinski definition) is 9. The van der Waals surface area contributed by atoms with E-state index in [0.717, 1.165) is 6.08 Å². The molecule has 15 nitrogen and oxygen atoms in total. The first-order valence-electron chi connectivity index (χ1n) is 11.0. The highest BCUT2D eigenvalue weighted by molar-refractivity contribution is 5.84. The normalized spacial score (nSPS) is 46.5. The average Bonchev–Trinajstić information content (AvgIpc) is 2.82. The molecule has 0 saturated carbocycles. The van der Waals surface area contributed by atoms with Crippen molar-refractivity contribution in [2.24, 2.45) is 11.8 Å². The van der Waals surface area contributed by atoms with E-state index in [9.17, 15) is 45.6 Å². The van der Waals surface area contributed by atoms with Crippen molar-refractivity contribution < 1.29 is 74.4 Å². The predicted octanol–water partition coefficient (Wildman–Crippen LogP) is -4.80. The Balaban J connectivity index is 1.70. The molecule has 13 atom stereocenters. The largest absolute Gasteiger partial charge is 0.475 e. The first-order valence-corrected chi connectivity index (χ1v) is 11.0. The maximum atomic E-state index is 11.2. The Labute approximate surface area is 199 Å². The molecular formula is C20H32O15. The van der Waals surface area contributed by atoms with E-state index in [0.29, 0.717) is 0 Å².